The molecule has 0 fully saturated rings. The summed E-state index contributed by atoms with van der Waals surface area (Å²) in [5.74, 6) is 0.631. The van der Waals surface area contributed by atoms with Gasteiger partial charge in [-0.1, -0.05) is 4.68 Å². The number of nitrogens with zero attached hydrogens (tertiary/aromatic N) is 5. The predicted molar refractivity (Wildman–Crippen MR) is 55.8 cm³/mol. The van der Waals surface area contributed by atoms with Crippen LogP contribution in [0, 0.1) is 11.3 Å². The summed E-state index contributed by atoms with van der Waals surface area (Å²) >= 11 is 0. The number of hydrogen-bond donors (Lipinski definition) is 0. The lowest BCUT2D eigenvalue weighted by Gasteiger charge is -1.97. The molecule has 0 saturated heterocycles. The normalized spacial score (nSPS) is 11.8. The first-order valence-corrected chi connectivity index (χ1v) is 4.86. The average molecular weight is 212 g/mol. The zero-order valence-electron chi connectivity index (χ0n) is 8.78. The fourth-order valence-corrected chi connectivity index (χ4v) is 1.24. The molecule has 0 spiro atoms. The van der Waals surface area contributed by atoms with E-state index < -0.39 is 0 Å². The minimum atomic E-state index is -0.272. The van der Waals surface area contributed by atoms with Gasteiger partial charge in [0.2, 0.25) is 0 Å². The lowest BCUT2D eigenvalue weighted by molar-refractivity contribution is -0.762. The van der Waals surface area contributed by atoms with E-state index in [0.29, 0.717) is 5.82 Å². The standard InChI is InChI=1S/C11H10N5/c1-9(7-12)16-6-3-10(8-15-16)11-13-4-2-5-14-11/h2-6,8-9H,1H3/q+1. The molecule has 0 aliphatic heterocycles. The van der Waals surface area contributed by atoms with Crippen molar-refractivity contribution in [2.45, 2.75) is 13.0 Å². The minimum Gasteiger partial charge on any atom is -0.237 e. The Hall–Kier alpha value is -2.35. The van der Waals surface area contributed by atoms with Crippen molar-refractivity contribution in [3.8, 4) is 17.5 Å². The van der Waals surface area contributed by atoms with Crippen LogP contribution in [-0.4, -0.2) is 15.1 Å². The first-order valence-electron chi connectivity index (χ1n) is 4.86. The molecule has 2 aromatic rings. The van der Waals surface area contributed by atoms with E-state index in [1.54, 1.807) is 42.5 Å². The van der Waals surface area contributed by atoms with Crippen molar-refractivity contribution < 1.29 is 4.68 Å². The molecule has 5 nitrogen and oxygen atoms in total. The van der Waals surface area contributed by atoms with E-state index in [0.717, 1.165) is 5.56 Å². The largest absolute Gasteiger partial charge is 0.266 e. The zero-order valence-corrected chi connectivity index (χ0v) is 8.78. The van der Waals surface area contributed by atoms with E-state index in [4.69, 9.17) is 5.26 Å². The van der Waals surface area contributed by atoms with Crippen molar-refractivity contribution in [1.29, 1.82) is 5.26 Å². The Bertz CT molecular complexity index is 500. The summed E-state index contributed by atoms with van der Waals surface area (Å²) in [6, 6.07) is 5.44. The Balaban J connectivity index is 2.31. The van der Waals surface area contributed by atoms with Crippen LogP contribution in [0.25, 0.3) is 11.4 Å². The van der Waals surface area contributed by atoms with E-state index in [1.807, 2.05) is 6.07 Å². The third kappa shape index (κ3) is 2.01. The molecule has 1 atom stereocenters. The molecule has 1 unspecified atom stereocenters. The van der Waals surface area contributed by atoms with Gasteiger partial charge < -0.3 is 0 Å². The second kappa shape index (κ2) is 4.45. The lowest BCUT2D eigenvalue weighted by Crippen LogP contribution is -2.40. The highest BCUT2D eigenvalue weighted by atomic mass is 15.3. The highest BCUT2D eigenvalue weighted by Crippen LogP contribution is 2.09. The molecule has 0 bridgehead atoms. The van der Waals surface area contributed by atoms with Gasteiger partial charge in [0.25, 0.3) is 6.04 Å². The second-order valence-electron chi connectivity index (χ2n) is 3.27. The molecule has 0 saturated carbocycles. The predicted octanol–water partition coefficient (Wildman–Crippen LogP) is 0.911. The van der Waals surface area contributed by atoms with Crippen LogP contribution in [0.2, 0.25) is 0 Å². The molecule has 16 heavy (non-hydrogen) atoms. The van der Waals surface area contributed by atoms with Gasteiger partial charge in [-0.2, -0.15) is 5.26 Å². The Morgan fingerprint density at radius 1 is 1.38 bits per heavy atom. The molecular formula is C11H10N5+. The van der Waals surface area contributed by atoms with Crippen LogP contribution in [0.1, 0.15) is 13.0 Å². The number of hydrogen-bond acceptors (Lipinski definition) is 4. The van der Waals surface area contributed by atoms with E-state index in [2.05, 4.69) is 21.1 Å². The molecule has 5 heteroatoms. The van der Waals surface area contributed by atoms with Gasteiger partial charge in [0.1, 0.15) is 12.3 Å². The third-order valence-corrected chi connectivity index (χ3v) is 2.14. The molecule has 0 radical (unpaired) electrons. The van der Waals surface area contributed by atoms with Gasteiger partial charge in [0, 0.05) is 30.9 Å². The van der Waals surface area contributed by atoms with E-state index in [1.165, 1.54) is 0 Å². The van der Waals surface area contributed by atoms with Crippen LogP contribution in [0.5, 0.6) is 0 Å². The Labute approximate surface area is 93.0 Å². The maximum absolute atomic E-state index is 8.74. The van der Waals surface area contributed by atoms with Crippen LogP contribution in [0.4, 0.5) is 0 Å². The van der Waals surface area contributed by atoms with Gasteiger partial charge >= 0.3 is 0 Å². The average Bonchev–Trinajstić information content (AvgIpc) is 2.39. The van der Waals surface area contributed by atoms with Crippen molar-refractivity contribution in [3.63, 3.8) is 0 Å². The first-order chi connectivity index (χ1) is 7.81. The van der Waals surface area contributed by atoms with Crippen molar-refractivity contribution in [2.75, 3.05) is 0 Å². The van der Waals surface area contributed by atoms with Crippen LogP contribution in [0.3, 0.4) is 0 Å². The summed E-state index contributed by atoms with van der Waals surface area (Å²) in [4.78, 5) is 8.24. The van der Waals surface area contributed by atoms with Crippen LogP contribution >= 0.6 is 0 Å². The summed E-state index contributed by atoms with van der Waals surface area (Å²) < 4.78 is 1.59. The van der Waals surface area contributed by atoms with Crippen LogP contribution in [0.15, 0.2) is 36.9 Å². The van der Waals surface area contributed by atoms with Gasteiger partial charge in [0.05, 0.1) is 0 Å². The van der Waals surface area contributed by atoms with E-state index >= 15 is 0 Å². The second-order valence-corrected chi connectivity index (χ2v) is 3.27. The number of rotatable bonds is 2. The van der Waals surface area contributed by atoms with Gasteiger partial charge in [-0.25, -0.2) is 9.97 Å². The van der Waals surface area contributed by atoms with Crippen LogP contribution < -0.4 is 4.68 Å². The molecule has 0 aliphatic rings. The maximum atomic E-state index is 8.74. The Morgan fingerprint density at radius 3 is 2.69 bits per heavy atom. The van der Waals surface area contributed by atoms with Crippen molar-refractivity contribution in [2.24, 2.45) is 0 Å². The number of aromatic nitrogens is 4. The summed E-state index contributed by atoms with van der Waals surface area (Å²) in [5.41, 5.74) is 0.835. The molecule has 2 aromatic heterocycles. The topological polar surface area (TPSA) is 66.3 Å². The third-order valence-electron chi connectivity index (χ3n) is 2.14. The lowest BCUT2D eigenvalue weighted by atomic mass is 10.3. The molecule has 2 rings (SSSR count). The Morgan fingerprint density at radius 2 is 2.12 bits per heavy atom. The molecule has 2 heterocycles. The fraction of sp³-hybridized carbons (Fsp3) is 0.182. The maximum Gasteiger partial charge on any atom is 0.266 e. The van der Waals surface area contributed by atoms with E-state index in [9.17, 15) is 0 Å². The molecule has 0 amide bonds. The molecule has 0 aliphatic carbocycles. The zero-order chi connectivity index (χ0) is 11.4. The van der Waals surface area contributed by atoms with Gasteiger partial charge in [-0.05, 0) is 11.2 Å². The Kier molecular flexibility index (Phi) is 2.83. The highest BCUT2D eigenvalue weighted by molar-refractivity contribution is 5.51. The van der Waals surface area contributed by atoms with Crippen molar-refractivity contribution in [1.82, 2.24) is 15.1 Å². The molecule has 0 aromatic carbocycles. The molecular weight excluding hydrogens is 202 g/mol. The molecule has 78 valence electrons. The smallest absolute Gasteiger partial charge is 0.237 e. The summed E-state index contributed by atoms with van der Waals surface area (Å²) in [6.45, 7) is 1.78. The monoisotopic (exact) mass is 212 g/mol. The minimum absolute atomic E-state index is 0.272. The summed E-state index contributed by atoms with van der Waals surface area (Å²) in [6.07, 6.45) is 6.77. The summed E-state index contributed by atoms with van der Waals surface area (Å²) in [7, 11) is 0. The van der Waals surface area contributed by atoms with Gasteiger partial charge in [-0.3, -0.25) is 0 Å². The van der Waals surface area contributed by atoms with Crippen molar-refractivity contribution >= 4 is 0 Å². The van der Waals surface area contributed by atoms with Crippen molar-refractivity contribution in [3.05, 3.63) is 36.9 Å². The van der Waals surface area contributed by atoms with Crippen LogP contribution in [-0.2, 0) is 0 Å². The highest BCUT2D eigenvalue weighted by Gasteiger charge is 2.12. The fourth-order valence-electron chi connectivity index (χ4n) is 1.24. The quantitative estimate of drug-likeness (QED) is 0.694. The SMILES string of the molecule is CC(C#N)[n+]1ccc(-c2ncccn2)cn1. The number of nitriles is 1. The molecule has 0 N–H and O–H groups in total. The van der Waals surface area contributed by atoms with Gasteiger partial charge in [-0.15, -0.1) is 0 Å². The van der Waals surface area contributed by atoms with E-state index in [-0.39, 0.29) is 6.04 Å². The first kappa shape index (κ1) is 10.2. The van der Waals surface area contributed by atoms with Gasteiger partial charge in [0.15, 0.2) is 12.0 Å². The summed E-state index contributed by atoms with van der Waals surface area (Å²) in [5, 5.41) is 12.9.